The lowest BCUT2D eigenvalue weighted by atomic mass is 10.1. The van der Waals surface area contributed by atoms with Crippen LogP contribution >= 0.6 is 22.6 Å². The van der Waals surface area contributed by atoms with Crippen molar-refractivity contribution in [1.82, 2.24) is 0 Å². The van der Waals surface area contributed by atoms with Crippen molar-refractivity contribution in [2.75, 3.05) is 0 Å². The Morgan fingerprint density at radius 2 is 1.71 bits per heavy atom. The van der Waals surface area contributed by atoms with E-state index in [0.717, 1.165) is 5.56 Å². The molecule has 0 aliphatic rings. The first-order valence-corrected chi connectivity index (χ1v) is 4.98. The van der Waals surface area contributed by atoms with Crippen LogP contribution in [0.15, 0.2) is 30.3 Å². The lowest BCUT2D eigenvalue weighted by Crippen LogP contribution is -2.01. The molecule has 0 atom stereocenters. The second-order valence-corrected chi connectivity index (χ2v) is 4.06. The predicted octanol–water partition coefficient (Wildman–Crippen LogP) is 4.33. The quantitative estimate of drug-likeness (QED) is 0.677. The van der Waals surface area contributed by atoms with Gasteiger partial charge in [-0.25, -0.2) is 0 Å². The summed E-state index contributed by atoms with van der Waals surface area (Å²) < 4.78 is 36.2. The fraction of sp³-hybridized carbons (Fsp3) is 0.200. The van der Waals surface area contributed by atoms with E-state index in [1.54, 1.807) is 46.9 Å². The lowest BCUT2D eigenvalue weighted by molar-refractivity contribution is -0.0791. The standard InChI is InChI=1S/C10H8F3I/c1-7-2-4-8(5-3-7)9(14)6-10(11,12)13/h2-6H,1H3. The average Bonchev–Trinajstić information content (AvgIpc) is 2.02. The zero-order chi connectivity index (χ0) is 10.8. The third-order valence-electron chi connectivity index (χ3n) is 1.62. The number of alkyl halides is 3. The molecule has 0 amide bonds. The van der Waals surface area contributed by atoms with Gasteiger partial charge in [0.2, 0.25) is 0 Å². The van der Waals surface area contributed by atoms with E-state index in [1.165, 1.54) is 0 Å². The van der Waals surface area contributed by atoms with Crippen LogP contribution in [0.1, 0.15) is 11.1 Å². The van der Waals surface area contributed by atoms with Crippen molar-refractivity contribution < 1.29 is 13.2 Å². The molecule has 0 fully saturated rings. The Morgan fingerprint density at radius 3 is 2.14 bits per heavy atom. The second kappa shape index (κ2) is 4.33. The maximum absolute atomic E-state index is 12.0. The molecule has 0 nitrogen and oxygen atoms in total. The predicted molar refractivity (Wildman–Crippen MR) is 59.2 cm³/mol. The van der Waals surface area contributed by atoms with Gasteiger partial charge in [0.15, 0.2) is 0 Å². The second-order valence-electron chi connectivity index (χ2n) is 2.90. The summed E-state index contributed by atoms with van der Waals surface area (Å²) in [6.45, 7) is 1.89. The summed E-state index contributed by atoms with van der Waals surface area (Å²) in [5, 5.41) is 0. The van der Waals surface area contributed by atoms with Gasteiger partial charge >= 0.3 is 6.18 Å². The van der Waals surface area contributed by atoms with Crippen LogP contribution in [-0.4, -0.2) is 6.18 Å². The Bertz CT molecular complexity index is 335. The number of halogens is 4. The fourth-order valence-corrected chi connectivity index (χ4v) is 1.65. The molecule has 0 aromatic heterocycles. The molecule has 14 heavy (non-hydrogen) atoms. The molecule has 0 spiro atoms. The van der Waals surface area contributed by atoms with E-state index < -0.39 is 6.18 Å². The van der Waals surface area contributed by atoms with Gasteiger partial charge in [-0.05, 0) is 35.1 Å². The number of rotatable bonds is 1. The molecule has 76 valence electrons. The van der Waals surface area contributed by atoms with Gasteiger partial charge in [0, 0.05) is 9.66 Å². The Balaban J connectivity index is 2.95. The largest absolute Gasteiger partial charge is 0.410 e. The molecule has 0 saturated carbocycles. The SMILES string of the molecule is Cc1ccc(C(I)=CC(F)(F)F)cc1. The Morgan fingerprint density at radius 1 is 1.21 bits per heavy atom. The number of hydrogen-bond donors (Lipinski definition) is 0. The first-order chi connectivity index (χ1) is 6.38. The summed E-state index contributed by atoms with van der Waals surface area (Å²) in [6, 6.07) is 6.94. The maximum atomic E-state index is 12.0. The van der Waals surface area contributed by atoms with Crippen LogP contribution in [0.3, 0.4) is 0 Å². The monoisotopic (exact) mass is 312 g/mol. The summed E-state index contributed by atoms with van der Waals surface area (Å²) in [5.41, 5.74) is 1.62. The topological polar surface area (TPSA) is 0 Å². The first kappa shape index (κ1) is 11.6. The third kappa shape index (κ3) is 3.69. The van der Waals surface area contributed by atoms with Gasteiger partial charge in [0.1, 0.15) is 0 Å². The van der Waals surface area contributed by atoms with Crippen molar-refractivity contribution in [3.63, 3.8) is 0 Å². The molecule has 0 bridgehead atoms. The van der Waals surface area contributed by atoms with E-state index in [9.17, 15) is 13.2 Å². The molecule has 0 unspecified atom stereocenters. The lowest BCUT2D eigenvalue weighted by Gasteiger charge is -2.03. The van der Waals surface area contributed by atoms with E-state index >= 15 is 0 Å². The number of hydrogen-bond acceptors (Lipinski definition) is 0. The molecule has 1 aromatic rings. The Hall–Kier alpha value is -0.520. The van der Waals surface area contributed by atoms with E-state index in [2.05, 4.69) is 0 Å². The van der Waals surface area contributed by atoms with Gasteiger partial charge in [-0.2, -0.15) is 13.2 Å². The van der Waals surface area contributed by atoms with Crippen LogP contribution in [0.5, 0.6) is 0 Å². The minimum Gasteiger partial charge on any atom is -0.167 e. The molecule has 0 N–H and O–H groups in total. The molecular formula is C10H8F3I. The van der Waals surface area contributed by atoms with Crippen molar-refractivity contribution in [1.29, 1.82) is 0 Å². The van der Waals surface area contributed by atoms with E-state index in [0.29, 0.717) is 11.6 Å². The highest BCUT2D eigenvalue weighted by atomic mass is 127. The smallest absolute Gasteiger partial charge is 0.167 e. The van der Waals surface area contributed by atoms with Gasteiger partial charge in [-0.15, -0.1) is 0 Å². The van der Waals surface area contributed by atoms with E-state index in [1.807, 2.05) is 6.92 Å². The molecular weight excluding hydrogens is 304 g/mol. The molecule has 0 aliphatic heterocycles. The van der Waals surface area contributed by atoms with Crippen LogP contribution in [0.2, 0.25) is 0 Å². The minimum atomic E-state index is -4.25. The van der Waals surface area contributed by atoms with Crippen molar-refractivity contribution in [3.05, 3.63) is 41.5 Å². The van der Waals surface area contributed by atoms with Crippen LogP contribution < -0.4 is 0 Å². The van der Waals surface area contributed by atoms with Gasteiger partial charge in [-0.1, -0.05) is 29.8 Å². The summed E-state index contributed by atoms with van der Waals surface area (Å²) >= 11 is 1.69. The zero-order valence-electron chi connectivity index (χ0n) is 7.40. The molecule has 0 saturated heterocycles. The molecule has 1 rings (SSSR count). The van der Waals surface area contributed by atoms with Gasteiger partial charge in [0.25, 0.3) is 0 Å². The van der Waals surface area contributed by atoms with Crippen molar-refractivity contribution >= 4 is 26.2 Å². The van der Waals surface area contributed by atoms with Gasteiger partial charge in [-0.3, -0.25) is 0 Å². The fourth-order valence-electron chi connectivity index (χ4n) is 0.940. The molecule has 1 aromatic carbocycles. The minimum absolute atomic E-state index is 0.204. The third-order valence-corrected chi connectivity index (χ3v) is 2.55. The first-order valence-electron chi connectivity index (χ1n) is 3.90. The summed E-state index contributed by atoms with van der Waals surface area (Å²) in [7, 11) is 0. The van der Waals surface area contributed by atoms with E-state index in [-0.39, 0.29) is 3.58 Å². The number of aryl methyl sites for hydroxylation is 1. The number of benzene rings is 1. The highest BCUT2D eigenvalue weighted by Crippen LogP contribution is 2.28. The van der Waals surface area contributed by atoms with E-state index in [4.69, 9.17) is 0 Å². The van der Waals surface area contributed by atoms with Gasteiger partial charge < -0.3 is 0 Å². The highest BCUT2D eigenvalue weighted by Gasteiger charge is 2.24. The van der Waals surface area contributed by atoms with Crippen LogP contribution in [-0.2, 0) is 0 Å². The normalized spacial score (nSPS) is 13.1. The van der Waals surface area contributed by atoms with Crippen LogP contribution in [0.4, 0.5) is 13.2 Å². The van der Waals surface area contributed by atoms with Crippen molar-refractivity contribution in [3.8, 4) is 0 Å². The van der Waals surface area contributed by atoms with Gasteiger partial charge in [0.05, 0.1) is 0 Å². The molecule has 4 heteroatoms. The molecule has 0 radical (unpaired) electrons. The number of allylic oxidation sites excluding steroid dienone is 1. The zero-order valence-corrected chi connectivity index (χ0v) is 9.56. The molecule has 0 aliphatic carbocycles. The summed E-state index contributed by atoms with van der Waals surface area (Å²) in [4.78, 5) is 0. The summed E-state index contributed by atoms with van der Waals surface area (Å²) in [5.74, 6) is 0. The molecule has 0 heterocycles. The Labute approximate surface area is 94.0 Å². The Kier molecular flexibility index (Phi) is 3.58. The van der Waals surface area contributed by atoms with Crippen molar-refractivity contribution in [2.24, 2.45) is 0 Å². The average molecular weight is 312 g/mol. The maximum Gasteiger partial charge on any atom is 0.410 e. The van der Waals surface area contributed by atoms with Crippen LogP contribution in [0, 0.1) is 6.92 Å². The van der Waals surface area contributed by atoms with Crippen LogP contribution in [0.25, 0.3) is 3.58 Å². The summed E-state index contributed by atoms with van der Waals surface area (Å²) in [6.07, 6.45) is -3.94. The highest BCUT2D eigenvalue weighted by molar-refractivity contribution is 14.1. The van der Waals surface area contributed by atoms with Crippen molar-refractivity contribution in [2.45, 2.75) is 13.1 Å².